The quantitative estimate of drug-likeness (QED) is 0.495. The molecule has 0 aliphatic heterocycles. The molecule has 0 fully saturated rings. The average molecular weight is 400 g/mol. The predicted octanol–water partition coefficient (Wildman–Crippen LogP) is 6.71. The second-order valence-corrected chi connectivity index (χ2v) is 7.42. The van der Waals surface area contributed by atoms with Crippen LogP contribution >= 0.6 is 34.5 Å². The lowest BCUT2D eigenvalue weighted by Crippen LogP contribution is -1.92. The van der Waals surface area contributed by atoms with E-state index in [4.69, 9.17) is 23.2 Å². The summed E-state index contributed by atoms with van der Waals surface area (Å²) in [6.45, 7) is 4.12. The lowest BCUT2D eigenvalue weighted by Gasteiger charge is -2.05. The molecule has 2 aromatic carbocycles. The Morgan fingerprint density at radius 2 is 2.04 bits per heavy atom. The van der Waals surface area contributed by atoms with Crippen LogP contribution in [0.1, 0.15) is 16.1 Å². The van der Waals surface area contributed by atoms with Crippen molar-refractivity contribution in [2.75, 3.05) is 5.32 Å². The molecule has 0 saturated carbocycles. The molecule has 0 aliphatic rings. The maximum atomic E-state index is 9.50. The Morgan fingerprint density at radius 1 is 1.23 bits per heavy atom. The van der Waals surface area contributed by atoms with E-state index in [1.165, 1.54) is 16.9 Å². The molecule has 0 aliphatic carbocycles. The number of hydrogen-bond donors (Lipinski definition) is 1. The van der Waals surface area contributed by atoms with Crippen molar-refractivity contribution in [3.8, 4) is 17.3 Å². The normalized spacial score (nSPS) is 11.3. The van der Waals surface area contributed by atoms with E-state index < -0.39 is 0 Å². The van der Waals surface area contributed by atoms with Gasteiger partial charge < -0.3 is 5.32 Å². The molecule has 1 heterocycles. The first-order chi connectivity index (χ1) is 12.5. The Bertz CT molecular complexity index is 1030. The van der Waals surface area contributed by atoms with E-state index in [0.717, 1.165) is 16.8 Å². The highest BCUT2D eigenvalue weighted by Gasteiger charge is 2.11. The molecule has 0 saturated heterocycles. The van der Waals surface area contributed by atoms with Gasteiger partial charge in [0, 0.05) is 17.1 Å². The Morgan fingerprint density at radius 3 is 2.77 bits per heavy atom. The maximum Gasteiger partial charge on any atom is 0.136 e. The van der Waals surface area contributed by atoms with Crippen LogP contribution in [0.4, 0.5) is 5.69 Å². The third-order valence-corrected chi connectivity index (χ3v) is 5.53. The SMILES string of the molecule is Cc1ccc(-c2csc(/C(C#N)=C\Nc3cccc(Cl)c3Cl)n2)c(C)c1. The van der Waals surface area contributed by atoms with Crippen molar-refractivity contribution in [3.05, 3.63) is 74.2 Å². The van der Waals surface area contributed by atoms with E-state index >= 15 is 0 Å². The molecule has 3 rings (SSSR count). The average Bonchev–Trinajstić information content (AvgIpc) is 3.08. The van der Waals surface area contributed by atoms with Crippen molar-refractivity contribution in [2.24, 2.45) is 0 Å². The third-order valence-electron chi connectivity index (χ3n) is 3.84. The number of thiazole rings is 1. The fourth-order valence-electron chi connectivity index (χ4n) is 2.53. The maximum absolute atomic E-state index is 9.50. The van der Waals surface area contributed by atoms with Gasteiger partial charge in [-0.15, -0.1) is 11.3 Å². The molecule has 1 N–H and O–H groups in total. The van der Waals surface area contributed by atoms with Crippen LogP contribution < -0.4 is 5.32 Å². The number of halogens is 2. The molecule has 0 atom stereocenters. The molecule has 0 spiro atoms. The summed E-state index contributed by atoms with van der Waals surface area (Å²) in [4.78, 5) is 4.62. The minimum Gasteiger partial charge on any atom is -0.359 e. The van der Waals surface area contributed by atoms with Crippen LogP contribution in [0, 0.1) is 25.2 Å². The highest BCUT2D eigenvalue weighted by molar-refractivity contribution is 7.11. The summed E-state index contributed by atoms with van der Waals surface area (Å²) in [6.07, 6.45) is 1.60. The monoisotopic (exact) mass is 399 g/mol. The van der Waals surface area contributed by atoms with Crippen LogP contribution in [0.25, 0.3) is 16.8 Å². The van der Waals surface area contributed by atoms with E-state index in [2.05, 4.69) is 48.4 Å². The van der Waals surface area contributed by atoms with Gasteiger partial charge in [0.05, 0.1) is 21.4 Å². The smallest absolute Gasteiger partial charge is 0.136 e. The largest absolute Gasteiger partial charge is 0.359 e. The molecule has 3 nitrogen and oxygen atoms in total. The van der Waals surface area contributed by atoms with Crippen molar-refractivity contribution in [2.45, 2.75) is 13.8 Å². The number of benzene rings is 2. The second kappa shape index (κ2) is 7.92. The van der Waals surface area contributed by atoms with Gasteiger partial charge in [-0.1, -0.05) is 53.0 Å². The Balaban J connectivity index is 1.89. The first-order valence-corrected chi connectivity index (χ1v) is 9.47. The van der Waals surface area contributed by atoms with E-state index in [0.29, 0.717) is 26.3 Å². The zero-order valence-corrected chi connectivity index (χ0v) is 16.5. The third kappa shape index (κ3) is 3.91. The van der Waals surface area contributed by atoms with Gasteiger partial charge in [-0.25, -0.2) is 4.98 Å². The number of rotatable bonds is 4. The minimum absolute atomic E-state index is 0.415. The lowest BCUT2D eigenvalue weighted by atomic mass is 10.0. The molecular weight excluding hydrogens is 385 g/mol. The number of nitrogens with one attached hydrogen (secondary N) is 1. The minimum atomic E-state index is 0.415. The molecule has 0 radical (unpaired) electrons. The molecule has 1 aromatic heterocycles. The van der Waals surface area contributed by atoms with Crippen LogP contribution in [0.2, 0.25) is 10.0 Å². The number of hydrogen-bond acceptors (Lipinski definition) is 4. The molecule has 0 unspecified atom stereocenters. The van der Waals surface area contributed by atoms with Crippen molar-refractivity contribution in [3.63, 3.8) is 0 Å². The van der Waals surface area contributed by atoms with Crippen molar-refractivity contribution >= 4 is 45.8 Å². The fourth-order valence-corrected chi connectivity index (χ4v) is 3.67. The van der Waals surface area contributed by atoms with Gasteiger partial charge in [0.25, 0.3) is 0 Å². The number of allylic oxidation sites excluding steroid dienone is 1. The molecule has 6 heteroatoms. The van der Waals surface area contributed by atoms with Gasteiger partial charge in [-0.05, 0) is 31.5 Å². The molecule has 3 aromatic rings. The topological polar surface area (TPSA) is 48.7 Å². The van der Waals surface area contributed by atoms with Gasteiger partial charge >= 0.3 is 0 Å². The zero-order valence-electron chi connectivity index (χ0n) is 14.2. The summed E-state index contributed by atoms with van der Waals surface area (Å²) < 4.78 is 0. The molecule has 26 heavy (non-hydrogen) atoms. The van der Waals surface area contributed by atoms with E-state index in [-0.39, 0.29) is 0 Å². The highest BCUT2D eigenvalue weighted by atomic mass is 35.5. The van der Waals surface area contributed by atoms with Crippen LogP contribution in [0.15, 0.2) is 48.0 Å². The van der Waals surface area contributed by atoms with Crippen LogP contribution in [-0.2, 0) is 0 Å². The number of nitrogens with zero attached hydrogens (tertiary/aromatic N) is 2. The first kappa shape index (κ1) is 18.5. The number of aryl methyl sites for hydroxylation is 2. The van der Waals surface area contributed by atoms with Gasteiger partial charge in [-0.3, -0.25) is 0 Å². The van der Waals surface area contributed by atoms with E-state index in [9.17, 15) is 5.26 Å². The van der Waals surface area contributed by atoms with Crippen molar-refractivity contribution in [1.29, 1.82) is 5.26 Å². The van der Waals surface area contributed by atoms with Crippen LogP contribution in [-0.4, -0.2) is 4.98 Å². The van der Waals surface area contributed by atoms with Crippen LogP contribution in [0.5, 0.6) is 0 Å². The van der Waals surface area contributed by atoms with Crippen molar-refractivity contribution < 1.29 is 0 Å². The van der Waals surface area contributed by atoms with Gasteiger partial charge in [0.1, 0.15) is 16.6 Å². The second-order valence-electron chi connectivity index (χ2n) is 5.77. The summed E-state index contributed by atoms with van der Waals surface area (Å²) in [5, 5.41) is 16.0. The standard InChI is InChI=1S/C20H15Cl2N3S/c1-12-6-7-15(13(2)8-12)18-11-26-20(25-18)14(9-23)10-24-17-5-3-4-16(21)19(17)22/h3-8,10-11,24H,1-2H3/b14-10-. The number of anilines is 1. The van der Waals surface area contributed by atoms with E-state index in [1.807, 2.05) is 5.38 Å². The summed E-state index contributed by atoms with van der Waals surface area (Å²) in [5.41, 5.74) is 5.38. The lowest BCUT2D eigenvalue weighted by molar-refractivity contribution is 1.32. The predicted molar refractivity (Wildman–Crippen MR) is 111 cm³/mol. The molecule has 130 valence electrons. The fraction of sp³-hybridized carbons (Fsp3) is 0.100. The van der Waals surface area contributed by atoms with Gasteiger partial charge in [-0.2, -0.15) is 5.26 Å². The zero-order chi connectivity index (χ0) is 18.7. The first-order valence-electron chi connectivity index (χ1n) is 7.84. The van der Waals surface area contributed by atoms with Crippen molar-refractivity contribution in [1.82, 2.24) is 4.98 Å². The Labute approximate surface area is 166 Å². The summed E-state index contributed by atoms with van der Waals surface area (Å²) >= 11 is 13.6. The number of aromatic nitrogens is 1. The van der Waals surface area contributed by atoms with Gasteiger partial charge in [0.2, 0.25) is 0 Å². The van der Waals surface area contributed by atoms with Crippen LogP contribution in [0.3, 0.4) is 0 Å². The summed E-state index contributed by atoms with van der Waals surface area (Å²) in [7, 11) is 0. The van der Waals surface area contributed by atoms with Gasteiger partial charge in [0.15, 0.2) is 0 Å². The Kier molecular flexibility index (Phi) is 5.63. The highest BCUT2D eigenvalue weighted by Crippen LogP contribution is 2.31. The number of nitriles is 1. The van der Waals surface area contributed by atoms with E-state index in [1.54, 1.807) is 24.4 Å². The molecule has 0 amide bonds. The summed E-state index contributed by atoms with van der Waals surface area (Å²) in [6, 6.07) is 13.7. The Hall–Kier alpha value is -2.32. The summed E-state index contributed by atoms with van der Waals surface area (Å²) in [5.74, 6) is 0. The molecule has 0 bridgehead atoms. The molecular formula is C20H15Cl2N3S.